The number of methoxy groups -OCH3 is 1. The molecule has 0 bridgehead atoms. The van der Waals surface area contributed by atoms with Crippen molar-refractivity contribution in [2.45, 2.75) is 19.9 Å². The number of aromatic nitrogens is 1. The van der Waals surface area contributed by atoms with Gasteiger partial charge in [-0.3, -0.25) is 14.5 Å². The number of ether oxygens (including phenoxy) is 2. The van der Waals surface area contributed by atoms with Crippen LogP contribution >= 0.6 is 27.3 Å². The molecule has 10 heteroatoms. The largest absolute Gasteiger partial charge is 0.507 e. The van der Waals surface area contributed by atoms with Gasteiger partial charge in [0, 0.05) is 10.0 Å². The fraction of sp³-hybridized carbons (Fsp3) is 0.200. The molecule has 2 heterocycles. The molecule has 0 saturated carbocycles. The number of hydrogen-bond donors (Lipinski definition) is 1. The molecule has 0 spiro atoms. The minimum Gasteiger partial charge on any atom is -0.507 e. The topological polar surface area (TPSA) is 106 Å². The van der Waals surface area contributed by atoms with E-state index in [9.17, 15) is 19.5 Å². The second-order valence-electron chi connectivity index (χ2n) is 7.58. The quantitative estimate of drug-likeness (QED) is 0.196. The van der Waals surface area contributed by atoms with E-state index in [-0.39, 0.29) is 21.3 Å². The third-order valence-electron chi connectivity index (χ3n) is 5.41. The maximum atomic E-state index is 13.3. The first-order chi connectivity index (χ1) is 16.8. The normalized spacial score (nSPS) is 17.0. The molecule has 1 aromatic heterocycles. The number of aliphatic hydroxyl groups is 1. The van der Waals surface area contributed by atoms with Gasteiger partial charge < -0.3 is 14.6 Å². The van der Waals surface area contributed by atoms with Crippen LogP contribution in [0.1, 0.15) is 39.5 Å². The van der Waals surface area contributed by atoms with E-state index in [1.807, 2.05) is 13.0 Å². The number of benzene rings is 2. The first-order valence-corrected chi connectivity index (χ1v) is 12.2. The maximum absolute atomic E-state index is 13.3. The molecule has 1 saturated heterocycles. The highest BCUT2D eigenvalue weighted by Crippen LogP contribution is 2.44. The van der Waals surface area contributed by atoms with Crippen LogP contribution in [0, 0.1) is 6.92 Å². The van der Waals surface area contributed by atoms with Crippen LogP contribution in [0.25, 0.3) is 5.76 Å². The molecule has 1 N–H and O–H groups in total. The minimum absolute atomic E-state index is 0.0790. The summed E-state index contributed by atoms with van der Waals surface area (Å²) in [5.74, 6) is -2.00. The molecule has 180 valence electrons. The number of carbonyl (C=O) groups excluding carboxylic acids is 3. The van der Waals surface area contributed by atoms with E-state index in [0.29, 0.717) is 29.2 Å². The number of amides is 1. The fourth-order valence-electron chi connectivity index (χ4n) is 3.82. The van der Waals surface area contributed by atoms with E-state index < -0.39 is 23.7 Å². The summed E-state index contributed by atoms with van der Waals surface area (Å²) in [5.41, 5.74) is 1.23. The summed E-state index contributed by atoms with van der Waals surface area (Å²) in [6.07, 6.45) is 0. The van der Waals surface area contributed by atoms with Gasteiger partial charge in [0.05, 0.1) is 31.0 Å². The standard InChI is InChI=1S/C25H21BrN2O6S/c1-4-34-17-10-8-14(9-11-17)20(29)18-19(15-6-5-7-16(26)12-15)28(23(31)21(18)30)25-27-13(2)22(35-25)24(32)33-3/h5-12,19,29H,4H2,1-3H3/b20-18-. The van der Waals surface area contributed by atoms with Crippen LogP contribution in [0.15, 0.2) is 58.6 Å². The SMILES string of the molecule is CCOc1ccc(/C(O)=C2/C(=O)C(=O)N(c3nc(C)c(C(=O)OC)s3)C2c2cccc(Br)c2)cc1. The van der Waals surface area contributed by atoms with Crippen molar-refractivity contribution >= 4 is 55.8 Å². The van der Waals surface area contributed by atoms with Crippen LogP contribution in [0.3, 0.4) is 0 Å². The van der Waals surface area contributed by atoms with Crippen molar-refractivity contribution in [1.82, 2.24) is 4.98 Å². The van der Waals surface area contributed by atoms with Crippen LogP contribution < -0.4 is 9.64 Å². The van der Waals surface area contributed by atoms with Crippen LogP contribution in [0.4, 0.5) is 5.13 Å². The summed E-state index contributed by atoms with van der Waals surface area (Å²) in [7, 11) is 1.26. The van der Waals surface area contributed by atoms with E-state index in [1.165, 1.54) is 12.0 Å². The average Bonchev–Trinajstić information content (AvgIpc) is 3.35. The molecule has 3 aromatic rings. The van der Waals surface area contributed by atoms with Gasteiger partial charge in [0.25, 0.3) is 5.78 Å². The first-order valence-electron chi connectivity index (χ1n) is 10.6. The zero-order chi connectivity index (χ0) is 25.3. The highest BCUT2D eigenvalue weighted by Gasteiger charge is 2.48. The second kappa shape index (κ2) is 10.0. The number of Topliss-reactive ketones (excluding diaryl/α,β-unsaturated/α-hetero) is 1. The van der Waals surface area contributed by atoms with E-state index in [1.54, 1.807) is 49.4 Å². The number of anilines is 1. The molecule has 1 aliphatic heterocycles. The summed E-state index contributed by atoms with van der Waals surface area (Å²) in [5, 5.41) is 11.4. The highest BCUT2D eigenvalue weighted by molar-refractivity contribution is 9.10. The van der Waals surface area contributed by atoms with Gasteiger partial charge in [-0.1, -0.05) is 39.4 Å². The van der Waals surface area contributed by atoms with Crippen molar-refractivity contribution in [2.75, 3.05) is 18.6 Å². The highest BCUT2D eigenvalue weighted by atomic mass is 79.9. The molecule has 8 nitrogen and oxygen atoms in total. The van der Waals surface area contributed by atoms with Crippen molar-refractivity contribution in [1.29, 1.82) is 0 Å². The lowest BCUT2D eigenvalue weighted by Crippen LogP contribution is -2.29. The van der Waals surface area contributed by atoms with Crippen molar-refractivity contribution in [3.05, 3.63) is 80.3 Å². The number of ketones is 1. The molecule has 4 rings (SSSR count). The third kappa shape index (κ3) is 4.59. The number of thiazole rings is 1. The lowest BCUT2D eigenvalue weighted by atomic mass is 9.95. The molecule has 1 amide bonds. The van der Waals surface area contributed by atoms with Crippen molar-refractivity contribution < 1.29 is 29.0 Å². The van der Waals surface area contributed by atoms with Gasteiger partial charge in [-0.15, -0.1) is 0 Å². The summed E-state index contributed by atoms with van der Waals surface area (Å²) in [6.45, 7) is 3.97. The Hall–Kier alpha value is -3.50. The molecule has 1 fully saturated rings. The van der Waals surface area contributed by atoms with E-state index in [4.69, 9.17) is 9.47 Å². The molecule has 0 radical (unpaired) electrons. The fourth-order valence-corrected chi connectivity index (χ4v) is 5.25. The van der Waals surface area contributed by atoms with Gasteiger partial charge >= 0.3 is 11.9 Å². The zero-order valence-corrected chi connectivity index (χ0v) is 21.5. The smallest absolute Gasteiger partial charge is 0.350 e. The number of aliphatic hydroxyl groups excluding tert-OH is 1. The number of hydrogen-bond acceptors (Lipinski definition) is 8. The molecule has 0 aliphatic carbocycles. The second-order valence-corrected chi connectivity index (χ2v) is 9.48. The zero-order valence-electron chi connectivity index (χ0n) is 19.1. The predicted octanol–water partition coefficient (Wildman–Crippen LogP) is 5.03. The lowest BCUT2D eigenvalue weighted by molar-refractivity contribution is -0.132. The Morgan fingerprint density at radius 3 is 2.54 bits per heavy atom. The van der Waals surface area contributed by atoms with Crippen molar-refractivity contribution in [2.24, 2.45) is 0 Å². The summed E-state index contributed by atoms with van der Waals surface area (Å²) in [6, 6.07) is 12.7. The molecular formula is C25H21BrN2O6S. The Morgan fingerprint density at radius 2 is 1.91 bits per heavy atom. The van der Waals surface area contributed by atoms with Crippen LogP contribution in [0.2, 0.25) is 0 Å². The van der Waals surface area contributed by atoms with Crippen LogP contribution in [-0.4, -0.2) is 41.5 Å². The van der Waals surface area contributed by atoms with Gasteiger partial charge in [-0.05, 0) is 55.8 Å². The Bertz CT molecular complexity index is 1350. The number of carbonyl (C=O) groups is 3. The molecule has 2 aromatic carbocycles. The molecule has 1 atom stereocenters. The number of nitrogens with zero attached hydrogens (tertiary/aromatic N) is 2. The number of halogens is 1. The Labute approximate surface area is 213 Å². The van der Waals surface area contributed by atoms with Gasteiger partial charge in [0.2, 0.25) is 0 Å². The molecular weight excluding hydrogens is 536 g/mol. The molecule has 35 heavy (non-hydrogen) atoms. The molecule has 1 aliphatic rings. The van der Waals surface area contributed by atoms with Crippen LogP contribution in [-0.2, 0) is 14.3 Å². The average molecular weight is 557 g/mol. The first kappa shape index (κ1) is 24.6. The van der Waals surface area contributed by atoms with Crippen molar-refractivity contribution in [3.63, 3.8) is 0 Å². The predicted molar refractivity (Wildman–Crippen MR) is 135 cm³/mol. The summed E-state index contributed by atoms with van der Waals surface area (Å²) >= 11 is 4.38. The van der Waals surface area contributed by atoms with Crippen molar-refractivity contribution in [3.8, 4) is 5.75 Å². The third-order valence-corrected chi connectivity index (χ3v) is 7.04. The van der Waals surface area contributed by atoms with E-state index in [0.717, 1.165) is 15.8 Å². The van der Waals surface area contributed by atoms with Gasteiger partial charge in [0.15, 0.2) is 5.13 Å². The summed E-state index contributed by atoms with van der Waals surface area (Å²) < 4.78 is 11.0. The maximum Gasteiger partial charge on any atom is 0.350 e. The molecule has 1 unspecified atom stereocenters. The minimum atomic E-state index is -0.963. The monoisotopic (exact) mass is 556 g/mol. The number of rotatable bonds is 6. The summed E-state index contributed by atoms with van der Waals surface area (Å²) in [4.78, 5) is 44.5. The Balaban J connectivity index is 1.90. The lowest BCUT2D eigenvalue weighted by Gasteiger charge is -2.23. The van der Waals surface area contributed by atoms with Gasteiger partial charge in [-0.2, -0.15) is 0 Å². The number of esters is 1. The Morgan fingerprint density at radius 1 is 1.20 bits per heavy atom. The Kier molecular flexibility index (Phi) is 7.04. The van der Waals surface area contributed by atoms with Gasteiger partial charge in [-0.25, -0.2) is 9.78 Å². The van der Waals surface area contributed by atoms with Crippen LogP contribution in [0.5, 0.6) is 5.75 Å². The van der Waals surface area contributed by atoms with E-state index in [2.05, 4.69) is 20.9 Å². The number of aryl methyl sites for hydroxylation is 1. The van der Waals surface area contributed by atoms with Gasteiger partial charge in [0.1, 0.15) is 16.4 Å². The van der Waals surface area contributed by atoms with E-state index >= 15 is 0 Å².